The van der Waals surface area contributed by atoms with E-state index in [4.69, 9.17) is 10.5 Å². The highest BCUT2D eigenvalue weighted by Crippen LogP contribution is 2.38. The first kappa shape index (κ1) is 13.4. The fraction of sp³-hybridized carbons (Fsp3) is 0.600. The van der Waals surface area contributed by atoms with Gasteiger partial charge in [-0.3, -0.25) is 0 Å². The maximum absolute atomic E-state index is 10.7. The highest BCUT2D eigenvalue weighted by molar-refractivity contribution is 9.10. The van der Waals surface area contributed by atoms with Crippen LogP contribution in [0.15, 0.2) is 16.6 Å². The maximum atomic E-state index is 10.7. The van der Waals surface area contributed by atoms with Crippen molar-refractivity contribution in [3.05, 3.63) is 27.7 Å². The van der Waals surface area contributed by atoms with Gasteiger partial charge >= 0.3 is 0 Å². The summed E-state index contributed by atoms with van der Waals surface area (Å²) in [5.74, 6) is 0.992. The fourth-order valence-electron chi connectivity index (χ4n) is 3.19. The fourth-order valence-corrected chi connectivity index (χ4v) is 3.74. The van der Waals surface area contributed by atoms with E-state index in [1.54, 1.807) is 0 Å². The molecule has 3 nitrogen and oxygen atoms in total. The van der Waals surface area contributed by atoms with E-state index in [0.717, 1.165) is 54.5 Å². The normalized spacial score (nSPS) is 29.9. The Balaban J connectivity index is 1.83. The first-order valence-corrected chi connectivity index (χ1v) is 7.77. The van der Waals surface area contributed by atoms with Crippen molar-refractivity contribution in [2.75, 3.05) is 6.61 Å². The third-order valence-electron chi connectivity index (χ3n) is 4.31. The molecular formula is C15H20BrNO2. The number of hydrogen-bond acceptors (Lipinski definition) is 3. The van der Waals surface area contributed by atoms with Gasteiger partial charge in [-0.2, -0.15) is 0 Å². The molecule has 0 aromatic heterocycles. The topological polar surface area (TPSA) is 55.5 Å². The second-order valence-corrected chi connectivity index (χ2v) is 6.81. The monoisotopic (exact) mass is 325 g/mol. The quantitative estimate of drug-likeness (QED) is 0.878. The van der Waals surface area contributed by atoms with Gasteiger partial charge in [0, 0.05) is 23.4 Å². The van der Waals surface area contributed by atoms with Gasteiger partial charge in [0.15, 0.2) is 0 Å². The molecule has 1 saturated carbocycles. The van der Waals surface area contributed by atoms with Crippen LogP contribution >= 0.6 is 15.9 Å². The van der Waals surface area contributed by atoms with E-state index in [9.17, 15) is 5.11 Å². The minimum absolute atomic E-state index is 0.254. The van der Waals surface area contributed by atoms with Gasteiger partial charge in [-0.1, -0.05) is 15.9 Å². The third kappa shape index (κ3) is 2.81. The molecule has 0 saturated heterocycles. The number of rotatable bonds is 2. The molecule has 1 aromatic rings. The molecular weight excluding hydrogens is 306 g/mol. The van der Waals surface area contributed by atoms with Crippen LogP contribution in [0.4, 0.5) is 0 Å². The third-order valence-corrected chi connectivity index (χ3v) is 4.76. The van der Waals surface area contributed by atoms with Gasteiger partial charge in [0.2, 0.25) is 0 Å². The van der Waals surface area contributed by atoms with Crippen molar-refractivity contribution < 1.29 is 9.84 Å². The van der Waals surface area contributed by atoms with Crippen molar-refractivity contribution >= 4 is 15.9 Å². The summed E-state index contributed by atoms with van der Waals surface area (Å²) in [6.45, 7) is 0.752. The molecule has 0 unspecified atom stereocenters. The van der Waals surface area contributed by atoms with Crippen molar-refractivity contribution in [2.24, 2.45) is 5.73 Å². The Kier molecular flexibility index (Phi) is 3.58. The van der Waals surface area contributed by atoms with Gasteiger partial charge < -0.3 is 15.6 Å². The predicted octanol–water partition coefficient (Wildman–Crippen LogP) is 2.56. The SMILES string of the molecule is NC1CCC(O)(Cc2cc(Br)cc3c2OCC3)CC1. The summed E-state index contributed by atoms with van der Waals surface area (Å²) in [5, 5.41) is 10.7. The minimum atomic E-state index is -0.615. The molecule has 4 heteroatoms. The molecule has 0 bridgehead atoms. The summed E-state index contributed by atoms with van der Waals surface area (Å²) >= 11 is 3.55. The van der Waals surface area contributed by atoms with E-state index in [0.29, 0.717) is 6.42 Å². The summed E-state index contributed by atoms with van der Waals surface area (Å²) in [6, 6.07) is 4.45. The van der Waals surface area contributed by atoms with Crippen LogP contribution in [0.2, 0.25) is 0 Å². The number of hydrogen-bond donors (Lipinski definition) is 2. The zero-order chi connectivity index (χ0) is 13.5. The summed E-state index contributed by atoms with van der Waals surface area (Å²) < 4.78 is 6.81. The lowest BCUT2D eigenvalue weighted by Gasteiger charge is -2.35. The van der Waals surface area contributed by atoms with Crippen LogP contribution in [0.1, 0.15) is 36.8 Å². The first-order chi connectivity index (χ1) is 9.06. The maximum Gasteiger partial charge on any atom is 0.125 e. The molecule has 1 aliphatic carbocycles. The van der Waals surface area contributed by atoms with E-state index in [1.165, 1.54) is 5.56 Å². The number of halogens is 1. The lowest BCUT2D eigenvalue weighted by molar-refractivity contribution is -0.000229. The molecule has 1 aromatic carbocycles. The van der Waals surface area contributed by atoms with Gasteiger partial charge in [-0.15, -0.1) is 0 Å². The molecule has 0 amide bonds. The number of fused-ring (bicyclic) bond motifs is 1. The van der Waals surface area contributed by atoms with E-state index in [1.807, 2.05) is 0 Å². The Labute approximate surface area is 122 Å². The predicted molar refractivity (Wildman–Crippen MR) is 78.4 cm³/mol. The van der Waals surface area contributed by atoms with E-state index < -0.39 is 5.60 Å². The average molecular weight is 326 g/mol. The molecule has 2 aliphatic rings. The van der Waals surface area contributed by atoms with Gasteiger partial charge in [0.05, 0.1) is 12.2 Å². The number of benzene rings is 1. The first-order valence-electron chi connectivity index (χ1n) is 6.98. The van der Waals surface area contributed by atoms with Gasteiger partial charge in [-0.25, -0.2) is 0 Å². The van der Waals surface area contributed by atoms with Crippen LogP contribution in [0.3, 0.4) is 0 Å². The smallest absolute Gasteiger partial charge is 0.125 e. The van der Waals surface area contributed by atoms with E-state index in [2.05, 4.69) is 28.1 Å². The molecule has 19 heavy (non-hydrogen) atoms. The van der Waals surface area contributed by atoms with Crippen LogP contribution in [0.5, 0.6) is 5.75 Å². The van der Waals surface area contributed by atoms with Crippen LogP contribution in [0, 0.1) is 0 Å². The highest BCUT2D eigenvalue weighted by Gasteiger charge is 2.33. The van der Waals surface area contributed by atoms with Gasteiger partial charge in [0.1, 0.15) is 5.75 Å². The summed E-state index contributed by atoms with van der Waals surface area (Å²) in [5.41, 5.74) is 7.68. The molecule has 3 rings (SSSR count). The largest absolute Gasteiger partial charge is 0.493 e. The van der Waals surface area contributed by atoms with Crippen LogP contribution < -0.4 is 10.5 Å². The second-order valence-electron chi connectivity index (χ2n) is 5.89. The van der Waals surface area contributed by atoms with Gasteiger partial charge in [0.25, 0.3) is 0 Å². The van der Waals surface area contributed by atoms with Crippen molar-refractivity contribution in [1.29, 1.82) is 0 Å². The Morgan fingerprint density at radius 3 is 2.84 bits per heavy atom. The lowest BCUT2D eigenvalue weighted by Crippen LogP contribution is -2.40. The van der Waals surface area contributed by atoms with Crippen molar-refractivity contribution in [2.45, 2.75) is 50.2 Å². The average Bonchev–Trinajstić information content (AvgIpc) is 2.81. The van der Waals surface area contributed by atoms with Crippen molar-refractivity contribution in [3.63, 3.8) is 0 Å². The Bertz CT molecular complexity index is 481. The molecule has 1 heterocycles. The molecule has 0 spiro atoms. The molecule has 0 radical (unpaired) electrons. The Hall–Kier alpha value is -0.580. The zero-order valence-electron chi connectivity index (χ0n) is 11.0. The highest BCUT2D eigenvalue weighted by atomic mass is 79.9. The molecule has 3 N–H and O–H groups in total. The molecule has 1 aliphatic heterocycles. The zero-order valence-corrected chi connectivity index (χ0v) is 12.6. The Morgan fingerprint density at radius 2 is 2.11 bits per heavy atom. The van der Waals surface area contributed by atoms with Crippen LogP contribution in [-0.2, 0) is 12.8 Å². The van der Waals surface area contributed by atoms with Crippen LogP contribution in [-0.4, -0.2) is 23.4 Å². The van der Waals surface area contributed by atoms with Gasteiger partial charge in [-0.05, 0) is 48.9 Å². The number of aliphatic hydroxyl groups is 1. The molecule has 104 valence electrons. The molecule has 1 fully saturated rings. The second kappa shape index (κ2) is 5.08. The van der Waals surface area contributed by atoms with E-state index in [-0.39, 0.29) is 6.04 Å². The Morgan fingerprint density at radius 1 is 1.37 bits per heavy atom. The summed E-state index contributed by atoms with van der Waals surface area (Å²) in [4.78, 5) is 0. The van der Waals surface area contributed by atoms with Crippen LogP contribution in [0.25, 0.3) is 0 Å². The van der Waals surface area contributed by atoms with Crippen molar-refractivity contribution in [3.8, 4) is 5.75 Å². The lowest BCUT2D eigenvalue weighted by atomic mass is 9.78. The summed E-state index contributed by atoms with van der Waals surface area (Å²) in [6.07, 6.45) is 5.03. The standard InChI is InChI=1S/C15H20BrNO2/c16-12-7-10-3-6-19-14(10)11(8-12)9-15(18)4-1-13(17)2-5-15/h7-8,13,18H,1-6,9,17H2. The van der Waals surface area contributed by atoms with Crippen molar-refractivity contribution in [1.82, 2.24) is 0 Å². The number of nitrogens with two attached hydrogens (primary N) is 1. The molecule has 0 atom stereocenters. The summed E-state index contributed by atoms with van der Waals surface area (Å²) in [7, 11) is 0. The van der Waals surface area contributed by atoms with E-state index >= 15 is 0 Å². The number of ether oxygens (including phenoxy) is 1. The minimum Gasteiger partial charge on any atom is -0.493 e.